The molecule has 3 aromatic carbocycles. The molecular weight excluding hydrogens is 563 g/mol. The summed E-state index contributed by atoms with van der Waals surface area (Å²) in [7, 11) is 3.85. The predicted octanol–water partition coefficient (Wildman–Crippen LogP) is 4.55. The van der Waals surface area contributed by atoms with Gasteiger partial charge < -0.3 is 10.2 Å². The second-order valence-corrected chi connectivity index (χ2v) is 12.2. The molecule has 208 valence electrons. The summed E-state index contributed by atoms with van der Waals surface area (Å²) in [6.07, 6.45) is 0. The van der Waals surface area contributed by atoms with Gasteiger partial charge in [-0.15, -0.1) is 0 Å². The summed E-state index contributed by atoms with van der Waals surface area (Å²) in [5.74, 6) is -3.05. The average molecular weight is 589 g/mol. The summed E-state index contributed by atoms with van der Waals surface area (Å²) in [5.41, 5.74) is 2.64. The number of anilines is 3. The van der Waals surface area contributed by atoms with E-state index in [1.165, 1.54) is 28.8 Å². The van der Waals surface area contributed by atoms with Gasteiger partial charge >= 0.3 is 4.87 Å². The SMILES string of the molecule is CN(C)c1ccc([C@H]2c3sc(=O)n(CC(=O)Nc4ccccc4)c3SC3C(=O)N(c4ccc(F)cc4)C(=O)C32)cc1. The average Bonchev–Trinajstić information content (AvgIpc) is 3.40. The highest BCUT2D eigenvalue weighted by Gasteiger charge is 2.56. The molecule has 0 saturated carbocycles. The van der Waals surface area contributed by atoms with Crippen molar-refractivity contribution in [2.75, 3.05) is 29.2 Å². The lowest BCUT2D eigenvalue weighted by Gasteiger charge is -2.31. The predicted molar refractivity (Wildman–Crippen MR) is 158 cm³/mol. The number of rotatable bonds is 6. The van der Waals surface area contributed by atoms with Gasteiger partial charge in [-0.2, -0.15) is 0 Å². The molecule has 1 N–H and O–H groups in total. The number of benzene rings is 3. The second kappa shape index (κ2) is 10.6. The van der Waals surface area contributed by atoms with Gasteiger partial charge in [0.25, 0.3) is 0 Å². The number of thioether (sulfide) groups is 1. The van der Waals surface area contributed by atoms with Gasteiger partial charge in [0.1, 0.15) is 17.6 Å². The van der Waals surface area contributed by atoms with Crippen molar-refractivity contribution >= 4 is 57.9 Å². The van der Waals surface area contributed by atoms with Crippen molar-refractivity contribution in [3.63, 3.8) is 0 Å². The molecular formula is C30H25FN4O4S2. The number of halogens is 1. The number of nitrogens with zero attached hydrogens (tertiary/aromatic N) is 3. The Bertz CT molecular complexity index is 1700. The number of aromatic nitrogens is 1. The van der Waals surface area contributed by atoms with Gasteiger partial charge in [0.2, 0.25) is 17.7 Å². The van der Waals surface area contributed by atoms with Crippen molar-refractivity contribution in [3.8, 4) is 0 Å². The van der Waals surface area contributed by atoms with Crippen LogP contribution in [0.3, 0.4) is 0 Å². The van der Waals surface area contributed by atoms with Crippen LogP contribution in [-0.2, 0) is 20.9 Å². The molecule has 1 aromatic heterocycles. The third-order valence-corrected chi connectivity index (χ3v) is 9.87. The lowest BCUT2D eigenvalue weighted by Crippen LogP contribution is -2.33. The molecule has 1 saturated heterocycles. The maximum Gasteiger partial charge on any atom is 0.308 e. The Morgan fingerprint density at radius 3 is 2.27 bits per heavy atom. The number of amides is 3. The summed E-state index contributed by atoms with van der Waals surface area (Å²) in [6.45, 7) is -0.236. The Hall–Kier alpha value is -4.22. The molecule has 8 nitrogen and oxygen atoms in total. The minimum atomic E-state index is -0.823. The van der Waals surface area contributed by atoms with E-state index in [1.54, 1.807) is 24.3 Å². The van der Waals surface area contributed by atoms with E-state index in [4.69, 9.17) is 0 Å². The third kappa shape index (κ3) is 4.85. The highest BCUT2D eigenvalue weighted by molar-refractivity contribution is 8.00. The van der Waals surface area contributed by atoms with E-state index in [0.717, 1.165) is 39.2 Å². The molecule has 3 amide bonds. The minimum absolute atomic E-state index is 0.236. The van der Waals surface area contributed by atoms with Crippen molar-refractivity contribution in [1.82, 2.24) is 4.57 Å². The van der Waals surface area contributed by atoms with Crippen LogP contribution < -0.4 is 20.0 Å². The molecule has 0 aliphatic carbocycles. The Labute approximate surface area is 243 Å². The molecule has 2 unspecified atom stereocenters. The number of thiazole rings is 1. The van der Waals surface area contributed by atoms with Gasteiger partial charge in [-0.3, -0.25) is 23.7 Å². The number of imide groups is 1. The number of para-hydroxylation sites is 1. The smallest absolute Gasteiger partial charge is 0.308 e. The van der Waals surface area contributed by atoms with Crippen molar-refractivity contribution in [3.05, 3.63) is 105 Å². The van der Waals surface area contributed by atoms with E-state index in [2.05, 4.69) is 5.32 Å². The summed E-state index contributed by atoms with van der Waals surface area (Å²) in [5, 5.41) is 2.49. The summed E-state index contributed by atoms with van der Waals surface area (Å²) >= 11 is 2.14. The van der Waals surface area contributed by atoms with E-state index in [0.29, 0.717) is 21.3 Å². The van der Waals surface area contributed by atoms with Crippen LogP contribution in [0, 0.1) is 11.7 Å². The zero-order chi connectivity index (χ0) is 28.8. The molecule has 0 radical (unpaired) electrons. The molecule has 1 fully saturated rings. The molecule has 3 atom stereocenters. The van der Waals surface area contributed by atoms with E-state index in [-0.39, 0.29) is 17.3 Å². The largest absolute Gasteiger partial charge is 0.378 e. The van der Waals surface area contributed by atoms with Crippen molar-refractivity contribution in [2.45, 2.75) is 22.7 Å². The molecule has 3 heterocycles. The molecule has 0 spiro atoms. The van der Waals surface area contributed by atoms with E-state index < -0.39 is 34.7 Å². The topological polar surface area (TPSA) is 91.7 Å². The molecule has 41 heavy (non-hydrogen) atoms. The van der Waals surface area contributed by atoms with E-state index in [1.807, 2.05) is 49.3 Å². The number of carbonyl (C=O) groups is 3. The zero-order valence-electron chi connectivity index (χ0n) is 22.1. The summed E-state index contributed by atoms with van der Waals surface area (Å²) in [4.78, 5) is 57.3. The molecule has 6 rings (SSSR count). The minimum Gasteiger partial charge on any atom is -0.378 e. The van der Waals surface area contributed by atoms with Crippen LogP contribution in [0.5, 0.6) is 0 Å². The second-order valence-electron chi connectivity index (χ2n) is 10.1. The monoisotopic (exact) mass is 588 g/mol. The normalized spacial score (nSPS) is 19.6. The van der Waals surface area contributed by atoms with Gasteiger partial charge in [-0.1, -0.05) is 53.4 Å². The van der Waals surface area contributed by atoms with Crippen LogP contribution in [0.4, 0.5) is 21.5 Å². The van der Waals surface area contributed by atoms with Gasteiger partial charge in [-0.25, -0.2) is 9.29 Å². The highest BCUT2D eigenvalue weighted by atomic mass is 32.2. The Balaban J connectivity index is 1.42. The molecule has 2 aliphatic heterocycles. The lowest BCUT2D eigenvalue weighted by molar-refractivity contribution is -0.122. The molecule has 0 bridgehead atoms. The standard InChI is InChI=1S/C30H25FN4O4S2/c1-33(2)20-12-8-17(9-13-20)23-24-25(28(38)35(27(24)37)21-14-10-18(31)11-15-21)40-29-26(23)41-30(39)34(29)16-22(36)32-19-6-4-3-5-7-19/h3-15,23-25H,16H2,1-2H3,(H,32,36)/t23-,24?,25?/m1/s1. The van der Waals surface area contributed by atoms with Crippen LogP contribution in [0.25, 0.3) is 0 Å². The Morgan fingerprint density at radius 2 is 1.61 bits per heavy atom. The van der Waals surface area contributed by atoms with Gasteiger partial charge in [-0.05, 0) is 54.1 Å². The third-order valence-electron chi connectivity index (χ3n) is 7.26. The van der Waals surface area contributed by atoms with Crippen molar-refractivity contribution < 1.29 is 18.8 Å². The molecule has 4 aromatic rings. The number of hydrogen-bond acceptors (Lipinski definition) is 7. The van der Waals surface area contributed by atoms with Gasteiger partial charge in [0.15, 0.2) is 0 Å². The first-order chi connectivity index (χ1) is 19.7. The quantitative estimate of drug-likeness (QED) is 0.333. The number of fused-ring (bicyclic) bond motifs is 2. The number of nitrogens with one attached hydrogen (secondary N) is 1. The first kappa shape index (κ1) is 27.0. The maximum absolute atomic E-state index is 13.9. The first-order valence-corrected chi connectivity index (χ1v) is 14.6. The first-order valence-electron chi connectivity index (χ1n) is 12.9. The number of hydrogen-bond donors (Lipinski definition) is 1. The van der Waals surface area contributed by atoms with Gasteiger partial charge in [0.05, 0.1) is 16.6 Å². The van der Waals surface area contributed by atoms with Crippen LogP contribution in [0.2, 0.25) is 0 Å². The Morgan fingerprint density at radius 1 is 0.927 bits per heavy atom. The van der Waals surface area contributed by atoms with Crippen LogP contribution >= 0.6 is 23.1 Å². The highest BCUT2D eigenvalue weighted by Crippen LogP contribution is 2.54. The molecule has 2 aliphatic rings. The maximum atomic E-state index is 13.9. The summed E-state index contributed by atoms with van der Waals surface area (Å²) < 4.78 is 15.0. The lowest BCUT2D eigenvalue weighted by atomic mass is 9.83. The molecule has 11 heteroatoms. The van der Waals surface area contributed by atoms with Crippen LogP contribution in [0.15, 0.2) is 88.7 Å². The Kier molecular flexibility index (Phi) is 7.00. The number of carbonyl (C=O) groups excluding carboxylic acids is 3. The fourth-order valence-corrected chi connectivity index (χ4v) is 8.08. The van der Waals surface area contributed by atoms with Gasteiger partial charge in [0, 0.05) is 36.3 Å². The fourth-order valence-electron chi connectivity index (χ4n) is 5.30. The fraction of sp³-hybridized carbons (Fsp3) is 0.200. The van der Waals surface area contributed by atoms with Crippen LogP contribution in [-0.4, -0.2) is 41.6 Å². The zero-order valence-corrected chi connectivity index (χ0v) is 23.7. The van der Waals surface area contributed by atoms with E-state index >= 15 is 0 Å². The van der Waals surface area contributed by atoms with Crippen molar-refractivity contribution in [2.24, 2.45) is 5.92 Å². The van der Waals surface area contributed by atoms with Crippen molar-refractivity contribution in [1.29, 1.82) is 0 Å². The van der Waals surface area contributed by atoms with E-state index in [9.17, 15) is 23.6 Å². The summed E-state index contributed by atoms with van der Waals surface area (Å²) in [6, 6.07) is 21.9. The van der Waals surface area contributed by atoms with Crippen LogP contribution in [0.1, 0.15) is 16.4 Å².